The lowest BCUT2D eigenvalue weighted by atomic mass is 10.1. The Labute approximate surface area is 83.1 Å². The lowest BCUT2D eigenvalue weighted by Crippen LogP contribution is -2.19. The van der Waals surface area contributed by atoms with Crippen LogP contribution in [-0.2, 0) is 0 Å². The minimum atomic E-state index is -4.85. The quantitative estimate of drug-likeness (QED) is 0.777. The van der Waals surface area contributed by atoms with Crippen molar-refractivity contribution in [2.45, 2.75) is 13.3 Å². The average Bonchev–Trinajstić information content (AvgIpc) is 2.11. The van der Waals surface area contributed by atoms with E-state index in [0.29, 0.717) is 0 Å². The second-order valence-corrected chi connectivity index (χ2v) is 2.68. The van der Waals surface area contributed by atoms with E-state index in [9.17, 15) is 13.2 Å². The number of pyridine rings is 1. The third-order valence-corrected chi connectivity index (χ3v) is 1.68. The molecule has 1 aromatic heterocycles. The number of nitrogens with two attached hydrogens (primary N) is 1. The molecule has 2 N–H and O–H groups in total. The van der Waals surface area contributed by atoms with Gasteiger partial charge in [0.2, 0.25) is 5.88 Å². The van der Waals surface area contributed by atoms with Gasteiger partial charge in [-0.15, -0.1) is 13.2 Å². The number of ether oxygens (including phenoxy) is 1. The standard InChI is InChI=1S/C8H6F3N3O/c1-4-5(2-12)3-14-7(6(4)13)15-8(9,10)11/h3H,13H2,1H3. The van der Waals surface area contributed by atoms with Crippen LogP contribution in [0, 0.1) is 18.3 Å². The van der Waals surface area contributed by atoms with Gasteiger partial charge in [-0.1, -0.05) is 0 Å². The molecule has 0 spiro atoms. The van der Waals surface area contributed by atoms with Gasteiger partial charge in [-0.2, -0.15) is 5.26 Å². The topological polar surface area (TPSA) is 71.9 Å². The molecular weight excluding hydrogens is 211 g/mol. The molecule has 0 atom stereocenters. The highest BCUT2D eigenvalue weighted by Crippen LogP contribution is 2.29. The number of rotatable bonds is 1. The summed E-state index contributed by atoms with van der Waals surface area (Å²) in [5.74, 6) is -0.737. The molecule has 0 fully saturated rings. The highest BCUT2D eigenvalue weighted by Gasteiger charge is 2.33. The summed E-state index contributed by atoms with van der Waals surface area (Å²) < 4.78 is 39.1. The van der Waals surface area contributed by atoms with Gasteiger partial charge in [-0.3, -0.25) is 0 Å². The molecule has 0 bridgehead atoms. The smallest absolute Gasteiger partial charge is 0.394 e. The highest BCUT2D eigenvalue weighted by molar-refractivity contribution is 5.59. The third kappa shape index (κ3) is 2.49. The summed E-state index contributed by atoms with van der Waals surface area (Å²) in [4.78, 5) is 3.31. The zero-order valence-electron chi connectivity index (χ0n) is 7.59. The molecule has 0 aliphatic rings. The molecule has 0 saturated heterocycles. The predicted molar refractivity (Wildman–Crippen MR) is 44.8 cm³/mol. The van der Waals surface area contributed by atoms with E-state index < -0.39 is 12.2 Å². The number of nitriles is 1. The largest absolute Gasteiger partial charge is 0.574 e. The van der Waals surface area contributed by atoms with Crippen LogP contribution in [0.3, 0.4) is 0 Å². The molecule has 0 saturated carbocycles. The van der Waals surface area contributed by atoms with Gasteiger partial charge in [-0.05, 0) is 12.5 Å². The Morgan fingerprint density at radius 2 is 2.13 bits per heavy atom. The van der Waals surface area contributed by atoms with E-state index in [0.717, 1.165) is 6.20 Å². The van der Waals surface area contributed by atoms with Crippen LogP contribution < -0.4 is 10.5 Å². The summed E-state index contributed by atoms with van der Waals surface area (Å²) in [7, 11) is 0. The van der Waals surface area contributed by atoms with Crippen molar-refractivity contribution in [3.05, 3.63) is 17.3 Å². The van der Waals surface area contributed by atoms with Crippen molar-refractivity contribution in [1.82, 2.24) is 4.98 Å². The number of hydrogen-bond acceptors (Lipinski definition) is 4. The predicted octanol–water partition coefficient (Wildman–Crippen LogP) is 1.74. The van der Waals surface area contributed by atoms with E-state index in [1.54, 1.807) is 6.07 Å². The van der Waals surface area contributed by atoms with E-state index >= 15 is 0 Å². The molecule has 7 heteroatoms. The molecule has 1 heterocycles. The Morgan fingerprint density at radius 1 is 1.53 bits per heavy atom. The van der Waals surface area contributed by atoms with Gasteiger partial charge in [0.25, 0.3) is 0 Å². The van der Waals surface area contributed by atoms with E-state index in [2.05, 4.69) is 9.72 Å². The first-order valence-corrected chi connectivity index (χ1v) is 3.76. The highest BCUT2D eigenvalue weighted by atomic mass is 19.4. The number of nitrogen functional groups attached to an aromatic ring is 1. The second-order valence-electron chi connectivity index (χ2n) is 2.68. The molecule has 0 unspecified atom stereocenters. The molecule has 0 aromatic carbocycles. The van der Waals surface area contributed by atoms with Crippen molar-refractivity contribution in [2.24, 2.45) is 0 Å². The van der Waals surface area contributed by atoms with Crippen LogP contribution in [0.4, 0.5) is 18.9 Å². The lowest BCUT2D eigenvalue weighted by molar-refractivity contribution is -0.275. The SMILES string of the molecule is Cc1c(C#N)cnc(OC(F)(F)F)c1N. The van der Waals surface area contributed by atoms with E-state index in [1.807, 2.05) is 0 Å². The van der Waals surface area contributed by atoms with Gasteiger partial charge >= 0.3 is 6.36 Å². The number of alkyl halides is 3. The van der Waals surface area contributed by atoms with E-state index in [-0.39, 0.29) is 16.8 Å². The molecular formula is C8H6F3N3O. The van der Waals surface area contributed by atoms with Crippen LogP contribution in [0.2, 0.25) is 0 Å². The van der Waals surface area contributed by atoms with Crippen molar-refractivity contribution in [3.8, 4) is 11.9 Å². The summed E-state index contributed by atoms with van der Waals surface area (Å²) in [6.07, 6.45) is -3.87. The van der Waals surface area contributed by atoms with Gasteiger partial charge in [0.15, 0.2) is 0 Å². The van der Waals surface area contributed by atoms with Crippen LogP contribution in [0.25, 0.3) is 0 Å². The Morgan fingerprint density at radius 3 is 2.60 bits per heavy atom. The zero-order valence-corrected chi connectivity index (χ0v) is 7.59. The Balaban J connectivity index is 3.14. The fourth-order valence-corrected chi connectivity index (χ4v) is 0.899. The molecule has 0 amide bonds. The monoisotopic (exact) mass is 217 g/mol. The van der Waals surface area contributed by atoms with Crippen LogP contribution in [0.15, 0.2) is 6.20 Å². The van der Waals surface area contributed by atoms with Gasteiger partial charge in [0.1, 0.15) is 6.07 Å². The summed E-state index contributed by atoms with van der Waals surface area (Å²) in [6.45, 7) is 1.42. The van der Waals surface area contributed by atoms with E-state index in [4.69, 9.17) is 11.0 Å². The average molecular weight is 217 g/mol. The van der Waals surface area contributed by atoms with Crippen LogP contribution in [0.1, 0.15) is 11.1 Å². The minimum absolute atomic E-state index is 0.113. The zero-order chi connectivity index (χ0) is 11.6. The summed E-state index contributed by atoms with van der Waals surface area (Å²) in [5.41, 5.74) is 5.37. The summed E-state index contributed by atoms with van der Waals surface area (Å²) in [5, 5.41) is 8.56. The molecule has 1 rings (SSSR count). The molecule has 4 nitrogen and oxygen atoms in total. The summed E-state index contributed by atoms with van der Waals surface area (Å²) in [6, 6.07) is 1.75. The Bertz CT molecular complexity index is 422. The van der Waals surface area contributed by atoms with E-state index in [1.165, 1.54) is 6.92 Å². The van der Waals surface area contributed by atoms with Crippen molar-refractivity contribution >= 4 is 5.69 Å². The maximum Gasteiger partial charge on any atom is 0.574 e. The van der Waals surface area contributed by atoms with Crippen molar-refractivity contribution in [2.75, 3.05) is 5.73 Å². The first-order chi connectivity index (χ1) is 6.85. The van der Waals surface area contributed by atoms with Crippen molar-refractivity contribution < 1.29 is 17.9 Å². The van der Waals surface area contributed by atoms with Crippen molar-refractivity contribution in [3.63, 3.8) is 0 Å². The van der Waals surface area contributed by atoms with Crippen LogP contribution in [0.5, 0.6) is 5.88 Å². The minimum Gasteiger partial charge on any atom is -0.394 e. The van der Waals surface area contributed by atoms with Crippen LogP contribution >= 0.6 is 0 Å². The fraction of sp³-hybridized carbons (Fsp3) is 0.250. The summed E-state index contributed by atoms with van der Waals surface area (Å²) >= 11 is 0. The first-order valence-electron chi connectivity index (χ1n) is 3.76. The molecule has 0 aliphatic carbocycles. The third-order valence-electron chi connectivity index (χ3n) is 1.68. The number of nitrogens with zero attached hydrogens (tertiary/aromatic N) is 2. The molecule has 80 valence electrons. The maximum absolute atomic E-state index is 11.9. The fourth-order valence-electron chi connectivity index (χ4n) is 0.899. The molecule has 0 aliphatic heterocycles. The maximum atomic E-state index is 11.9. The second kappa shape index (κ2) is 3.65. The van der Waals surface area contributed by atoms with Crippen molar-refractivity contribution in [1.29, 1.82) is 5.26 Å². The number of aromatic nitrogens is 1. The lowest BCUT2D eigenvalue weighted by Gasteiger charge is -2.11. The molecule has 1 aromatic rings. The van der Waals surface area contributed by atoms with Gasteiger partial charge in [-0.25, -0.2) is 4.98 Å². The Hall–Kier alpha value is -1.97. The van der Waals surface area contributed by atoms with Crippen LogP contribution in [-0.4, -0.2) is 11.3 Å². The normalized spacial score (nSPS) is 10.9. The number of hydrogen-bond donors (Lipinski definition) is 1. The number of halogens is 3. The molecule has 0 radical (unpaired) electrons. The van der Waals surface area contributed by atoms with Gasteiger partial charge in [0, 0.05) is 6.20 Å². The molecule has 15 heavy (non-hydrogen) atoms. The van der Waals surface area contributed by atoms with Gasteiger partial charge in [0.05, 0.1) is 11.3 Å². The number of anilines is 1. The van der Waals surface area contributed by atoms with Gasteiger partial charge < -0.3 is 10.5 Å². The first kappa shape index (κ1) is 11.1. The Kier molecular flexibility index (Phi) is 2.70.